The highest BCUT2D eigenvalue weighted by Gasteiger charge is 2.20. The van der Waals surface area contributed by atoms with Crippen LogP contribution in [-0.4, -0.2) is 29.1 Å². The fourth-order valence-corrected chi connectivity index (χ4v) is 1.66. The van der Waals surface area contributed by atoms with Crippen molar-refractivity contribution in [3.05, 3.63) is 35.4 Å². The molecule has 1 unspecified atom stereocenters. The van der Waals surface area contributed by atoms with Gasteiger partial charge >= 0.3 is 5.97 Å². The molecule has 1 aromatic rings. The van der Waals surface area contributed by atoms with Gasteiger partial charge in [-0.3, -0.25) is 9.69 Å². The molecule has 3 nitrogen and oxygen atoms in total. The number of hydrogen-bond donors (Lipinski definition) is 1. The van der Waals surface area contributed by atoms with Crippen LogP contribution in [0.3, 0.4) is 0 Å². The Labute approximate surface area is 104 Å². The average Bonchev–Trinajstić information content (AvgIpc) is 2.27. The molecule has 96 valence electrons. The van der Waals surface area contributed by atoms with Crippen LogP contribution in [0, 0.1) is 24.0 Å². The van der Waals surface area contributed by atoms with E-state index in [0.717, 1.165) is 12.1 Å². The summed E-state index contributed by atoms with van der Waals surface area (Å²) in [5, 5.41) is 8.76. The first-order valence-corrected chi connectivity index (χ1v) is 5.30. The highest BCUT2D eigenvalue weighted by atomic mass is 19.1. The van der Waals surface area contributed by atoms with E-state index in [1.807, 2.05) is 0 Å². The van der Waals surface area contributed by atoms with Crippen molar-refractivity contribution in [1.29, 1.82) is 0 Å². The quantitative estimate of drug-likeness (QED) is 0.816. The van der Waals surface area contributed by atoms with Gasteiger partial charge in [-0.1, -0.05) is 12.0 Å². The van der Waals surface area contributed by atoms with E-state index >= 15 is 0 Å². The minimum atomic E-state index is -1.06. The number of terminal acetylenes is 1. The Hall–Kier alpha value is -1.93. The summed E-state index contributed by atoms with van der Waals surface area (Å²) in [6.07, 6.45) is 5.14. The third-order valence-corrected chi connectivity index (χ3v) is 2.59. The summed E-state index contributed by atoms with van der Waals surface area (Å²) < 4.78 is 26.4. The molecular weight excluding hydrogens is 240 g/mol. The molecule has 18 heavy (non-hydrogen) atoms. The first kappa shape index (κ1) is 14.1. The molecule has 1 aromatic carbocycles. The lowest BCUT2D eigenvalue weighted by atomic mass is 10.1. The van der Waals surface area contributed by atoms with Gasteiger partial charge in [0.25, 0.3) is 0 Å². The van der Waals surface area contributed by atoms with Crippen LogP contribution < -0.4 is 0 Å². The number of carbonyl (C=O) groups is 1. The van der Waals surface area contributed by atoms with E-state index in [4.69, 9.17) is 11.5 Å². The number of hydrogen-bond acceptors (Lipinski definition) is 2. The van der Waals surface area contributed by atoms with Gasteiger partial charge in [-0.25, -0.2) is 8.78 Å². The van der Waals surface area contributed by atoms with Crippen molar-refractivity contribution in [2.45, 2.75) is 13.0 Å². The summed E-state index contributed by atoms with van der Waals surface area (Å²) >= 11 is 0. The molecule has 0 heterocycles. The maximum atomic E-state index is 13.6. The van der Waals surface area contributed by atoms with Gasteiger partial charge in [0.1, 0.15) is 11.6 Å². The first-order valence-electron chi connectivity index (χ1n) is 5.30. The zero-order valence-corrected chi connectivity index (χ0v) is 9.86. The van der Waals surface area contributed by atoms with Crippen LogP contribution in [0.2, 0.25) is 0 Å². The van der Waals surface area contributed by atoms with Crippen molar-refractivity contribution < 1.29 is 18.7 Å². The summed E-state index contributed by atoms with van der Waals surface area (Å²) in [5.74, 6) is -0.124. The third kappa shape index (κ3) is 3.54. The predicted molar refractivity (Wildman–Crippen MR) is 62.8 cm³/mol. The average molecular weight is 253 g/mol. The Balaban J connectivity index is 2.98. The Kier molecular flexibility index (Phi) is 4.81. The molecule has 0 fully saturated rings. The van der Waals surface area contributed by atoms with Gasteiger partial charge in [-0.15, -0.1) is 6.42 Å². The normalized spacial score (nSPS) is 12.2. The van der Waals surface area contributed by atoms with Crippen molar-refractivity contribution in [3.63, 3.8) is 0 Å². The SMILES string of the molecule is C#CCN(CC(=O)O)C(C)c1ccc(F)cc1F. The molecule has 1 atom stereocenters. The second kappa shape index (κ2) is 6.12. The zero-order valence-electron chi connectivity index (χ0n) is 9.86. The molecule has 0 bridgehead atoms. The molecule has 0 radical (unpaired) electrons. The number of nitrogens with zero attached hydrogens (tertiary/aromatic N) is 1. The standard InChI is InChI=1S/C13H13F2NO2/c1-3-6-16(8-13(17)18)9(2)11-5-4-10(14)7-12(11)15/h1,4-5,7,9H,6,8H2,2H3,(H,17,18). The molecule has 0 saturated heterocycles. The van der Waals surface area contributed by atoms with Gasteiger partial charge in [0, 0.05) is 17.7 Å². The Morgan fingerprint density at radius 3 is 2.72 bits per heavy atom. The van der Waals surface area contributed by atoms with Crippen LogP contribution in [-0.2, 0) is 4.79 Å². The molecule has 0 aliphatic heterocycles. The minimum absolute atomic E-state index is 0.0737. The number of aliphatic carboxylic acids is 1. The van der Waals surface area contributed by atoms with Gasteiger partial charge in [0.15, 0.2) is 0 Å². The van der Waals surface area contributed by atoms with Crippen molar-refractivity contribution in [2.75, 3.05) is 13.1 Å². The highest BCUT2D eigenvalue weighted by molar-refractivity contribution is 5.69. The summed E-state index contributed by atoms with van der Waals surface area (Å²) in [4.78, 5) is 12.1. The molecule has 1 N–H and O–H groups in total. The lowest BCUT2D eigenvalue weighted by Gasteiger charge is -2.26. The Bertz CT molecular complexity index is 482. The lowest BCUT2D eigenvalue weighted by molar-refractivity contribution is -0.138. The van der Waals surface area contributed by atoms with E-state index < -0.39 is 23.6 Å². The maximum absolute atomic E-state index is 13.6. The van der Waals surface area contributed by atoms with Crippen LogP contribution in [0.25, 0.3) is 0 Å². The van der Waals surface area contributed by atoms with Gasteiger partial charge in [-0.2, -0.15) is 0 Å². The van der Waals surface area contributed by atoms with E-state index in [2.05, 4.69) is 5.92 Å². The highest BCUT2D eigenvalue weighted by Crippen LogP contribution is 2.23. The first-order chi connectivity index (χ1) is 8.45. The fraction of sp³-hybridized carbons (Fsp3) is 0.308. The summed E-state index contributed by atoms with van der Waals surface area (Å²) in [6, 6.07) is 2.64. The molecule has 5 heteroatoms. The number of carboxylic acid groups (broad SMARTS) is 1. The van der Waals surface area contributed by atoms with Crippen molar-refractivity contribution in [3.8, 4) is 12.3 Å². The van der Waals surface area contributed by atoms with Gasteiger partial charge < -0.3 is 5.11 Å². The second-order valence-electron chi connectivity index (χ2n) is 3.84. The van der Waals surface area contributed by atoms with Crippen molar-refractivity contribution in [1.82, 2.24) is 4.90 Å². The lowest BCUT2D eigenvalue weighted by Crippen LogP contribution is -2.33. The van der Waals surface area contributed by atoms with Crippen LogP contribution in [0.5, 0.6) is 0 Å². The van der Waals surface area contributed by atoms with E-state index in [-0.39, 0.29) is 18.7 Å². The fourth-order valence-electron chi connectivity index (χ4n) is 1.66. The largest absolute Gasteiger partial charge is 0.480 e. The van der Waals surface area contributed by atoms with Crippen LogP contribution in [0.15, 0.2) is 18.2 Å². The third-order valence-electron chi connectivity index (χ3n) is 2.59. The summed E-state index contributed by atoms with van der Waals surface area (Å²) in [6.45, 7) is 1.39. The Morgan fingerprint density at radius 1 is 1.56 bits per heavy atom. The van der Waals surface area contributed by atoms with Crippen LogP contribution >= 0.6 is 0 Å². The monoisotopic (exact) mass is 253 g/mol. The molecular formula is C13H13F2NO2. The van der Waals surface area contributed by atoms with E-state index in [1.54, 1.807) is 6.92 Å². The number of carboxylic acids is 1. The molecule has 0 aromatic heterocycles. The van der Waals surface area contributed by atoms with Crippen molar-refractivity contribution in [2.24, 2.45) is 0 Å². The van der Waals surface area contributed by atoms with Gasteiger partial charge in [-0.05, 0) is 13.0 Å². The molecule has 1 rings (SSSR count). The maximum Gasteiger partial charge on any atom is 0.317 e. The van der Waals surface area contributed by atoms with E-state index in [9.17, 15) is 13.6 Å². The van der Waals surface area contributed by atoms with Crippen LogP contribution in [0.4, 0.5) is 8.78 Å². The molecule has 0 aliphatic rings. The number of rotatable bonds is 5. The molecule has 0 amide bonds. The molecule has 0 saturated carbocycles. The van der Waals surface area contributed by atoms with Gasteiger partial charge in [0.2, 0.25) is 0 Å². The Morgan fingerprint density at radius 2 is 2.22 bits per heavy atom. The van der Waals surface area contributed by atoms with E-state index in [1.165, 1.54) is 11.0 Å². The molecule has 0 aliphatic carbocycles. The second-order valence-corrected chi connectivity index (χ2v) is 3.84. The predicted octanol–water partition coefficient (Wildman–Crippen LogP) is 2.05. The smallest absolute Gasteiger partial charge is 0.317 e. The van der Waals surface area contributed by atoms with E-state index in [0.29, 0.717) is 0 Å². The number of halogens is 2. The minimum Gasteiger partial charge on any atom is -0.480 e. The van der Waals surface area contributed by atoms with Crippen LogP contribution in [0.1, 0.15) is 18.5 Å². The number of benzene rings is 1. The zero-order chi connectivity index (χ0) is 13.7. The summed E-state index contributed by atoms with van der Waals surface area (Å²) in [7, 11) is 0. The summed E-state index contributed by atoms with van der Waals surface area (Å²) in [5.41, 5.74) is 0.216. The molecule has 0 spiro atoms. The van der Waals surface area contributed by atoms with Gasteiger partial charge in [0.05, 0.1) is 13.1 Å². The van der Waals surface area contributed by atoms with Crippen molar-refractivity contribution >= 4 is 5.97 Å². The topological polar surface area (TPSA) is 40.5 Å².